The Bertz CT molecular complexity index is 540. The lowest BCUT2D eigenvalue weighted by atomic mass is 10.1. The maximum absolute atomic E-state index is 13.4. The normalized spacial score (nSPS) is 11.8. The first kappa shape index (κ1) is 16.7. The average Bonchev–Trinajstić information content (AvgIpc) is 2.38. The molecule has 0 saturated carbocycles. The number of halogens is 2. The molecule has 0 aliphatic heterocycles. The summed E-state index contributed by atoms with van der Waals surface area (Å²) >= 11 is 0. The highest BCUT2D eigenvalue weighted by molar-refractivity contribution is 5.85. The van der Waals surface area contributed by atoms with Gasteiger partial charge < -0.3 is 15.2 Å². The number of rotatable bonds is 7. The van der Waals surface area contributed by atoms with Crippen molar-refractivity contribution in [1.82, 2.24) is 5.32 Å². The van der Waals surface area contributed by atoms with Crippen molar-refractivity contribution < 1.29 is 28.3 Å². The van der Waals surface area contributed by atoms with Crippen LogP contribution in [0.5, 0.6) is 0 Å². The number of nitrogens with one attached hydrogen (secondary N) is 1. The van der Waals surface area contributed by atoms with E-state index in [1.54, 1.807) is 0 Å². The predicted octanol–water partition coefficient (Wildman–Crippen LogP) is 1.45. The summed E-state index contributed by atoms with van der Waals surface area (Å²) in [7, 11) is 0. The van der Waals surface area contributed by atoms with E-state index in [1.807, 2.05) is 0 Å². The fourth-order valence-corrected chi connectivity index (χ4v) is 1.71. The Hall–Kier alpha value is -2.31. The van der Waals surface area contributed by atoms with Gasteiger partial charge in [0.05, 0.1) is 6.42 Å². The second kappa shape index (κ2) is 7.47. The van der Waals surface area contributed by atoms with Gasteiger partial charge in [0, 0.05) is 12.0 Å². The fourth-order valence-electron chi connectivity index (χ4n) is 1.71. The summed E-state index contributed by atoms with van der Waals surface area (Å²) in [5.74, 6) is -4.09. The van der Waals surface area contributed by atoms with Gasteiger partial charge in [0.15, 0.2) is 0 Å². The summed E-state index contributed by atoms with van der Waals surface area (Å²) in [5, 5.41) is 11.1. The smallest absolute Gasteiger partial charge is 0.326 e. The minimum Gasteiger partial charge on any atom is -0.480 e. The number of carboxylic acids is 1. The summed E-state index contributed by atoms with van der Waals surface area (Å²) in [4.78, 5) is 33.5. The van der Waals surface area contributed by atoms with Gasteiger partial charge in [0.1, 0.15) is 23.5 Å². The number of hydrogen-bond acceptors (Lipinski definition) is 3. The summed E-state index contributed by atoms with van der Waals surface area (Å²) in [5.41, 5.74) is -0.425. The van der Waals surface area contributed by atoms with Crippen LogP contribution in [0.1, 0.15) is 25.3 Å². The zero-order chi connectivity index (χ0) is 16.0. The summed E-state index contributed by atoms with van der Waals surface area (Å²) in [6, 6.07) is 1.92. The number of hydrogen-bond donors (Lipinski definition) is 2. The average molecular weight is 299 g/mol. The molecule has 5 nitrogen and oxygen atoms in total. The molecule has 2 N–H and O–H groups in total. The number of carbonyl (C=O) groups excluding carboxylic acids is 2. The fraction of sp³-hybridized carbons (Fsp3) is 0.357. The summed E-state index contributed by atoms with van der Waals surface area (Å²) in [6.07, 6.45) is -0.691. The van der Waals surface area contributed by atoms with E-state index in [4.69, 9.17) is 5.11 Å². The van der Waals surface area contributed by atoms with Crippen LogP contribution < -0.4 is 5.32 Å². The highest BCUT2D eigenvalue weighted by atomic mass is 19.1. The van der Waals surface area contributed by atoms with Crippen molar-refractivity contribution in [2.75, 3.05) is 0 Å². The summed E-state index contributed by atoms with van der Waals surface area (Å²) in [6.45, 7) is 1.30. The van der Waals surface area contributed by atoms with Gasteiger partial charge in [-0.25, -0.2) is 13.6 Å². The molecule has 114 valence electrons. The lowest BCUT2D eigenvalue weighted by Gasteiger charge is -2.14. The van der Waals surface area contributed by atoms with E-state index in [-0.39, 0.29) is 18.6 Å². The maximum atomic E-state index is 13.4. The van der Waals surface area contributed by atoms with Gasteiger partial charge in [-0.1, -0.05) is 6.07 Å². The Labute approximate surface area is 120 Å². The molecule has 0 aliphatic carbocycles. The van der Waals surface area contributed by atoms with Crippen LogP contribution in [0.4, 0.5) is 8.78 Å². The van der Waals surface area contributed by atoms with Gasteiger partial charge in [-0.2, -0.15) is 0 Å². The van der Waals surface area contributed by atoms with E-state index in [0.717, 1.165) is 12.1 Å². The molecule has 0 saturated heterocycles. The molecule has 0 unspecified atom stereocenters. The number of ketones is 1. The molecule has 0 radical (unpaired) electrons. The Morgan fingerprint density at radius 1 is 1.24 bits per heavy atom. The van der Waals surface area contributed by atoms with Crippen molar-refractivity contribution in [3.05, 3.63) is 35.4 Å². The standard InChI is InChI=1S/C14H15F2NO4/c1-8(18)5-6-12(14(20)21)17-13(19)7-9-10(15)3-2-4-11(9)16/h2-4,12H,5-7H2,1H3,(H,17,19)(H,20,21)/t12-/m1/s1. The van der Waals surface area contributed by atoms with E-state index in [2.05, 4.69) is 5.32 Å². The molecular weight excluding hydrogens is 284 g/mol. The Kier molecular flexibility index (Phi) is 5.95. The number of carboxylic acid groups (broad SMARTS) is 1. The highest BCUT2D eigenvalue weighted by Gasteiger charge is 2.21. The first-order valence-corrected chi connectivity index (χ1v) is 6.25. The molecule has 0 aliphatic rings. The third-order valence-electron chi connectivity index (χ3n) is 2.82. The van der Waals surface area contributed by atoms with E-state index in [9.17, 15) is 23.2 Å². The third kappa shape index (κ3) is 5.29. The quantitative estimate of drug-likeness (QED) is 0.798. The van der Waals surface area contributed by atoms with Crippen molar-refractivity contribution in [3.8, 4) is 0 Å². The molecule has 0 fully saturated rings. The zero-order valence-electron chi connectivity index (χ0n) is 11.4. The molecule has 1 atom stereocenters. The third-order valence-corrected chi connectivity index (χ3v) is 2.82. The highest BCUT2D eigenvalue weighted by Crippen LogP contribution is 2.12. The van der Waals surface area contributed by atoms with Crippen molar-refractivity contribution in [1.29, 1.82) is 0 Å². The molecule has 1 aromatic carbocycles. The van der Waals surface area contributed by atoms with Gasteiger partial charge in [-0.05, 0) is 25.5 Å². The number of carbonyl (C=O) groups is 3. The number of aliphatic carboxylic acids is 1. The molecular formula is C14H15F2NO4. The van der Waals surface area contributed by atoms with Crippen molar-refractivity contribution in [3.63, 3.8) is 0 Å². The first-order chi connectivity index (χ1) is 9.81. The van der Waals surface area contributed by atoms with Crippen LogP contribution in [-0.4, -0.2) is 28.8 Å². The van der Waals surface area contributed by atoms with Gasteiger partial charge >= 0.3 is 5.97 Å². The molecule has 0 spiro atoms. The molecule has 0 bridgehead atoms. The molecule has 1 aromatic rings. The van der Waals surface area contributed by atoms with E-state index < -0.39 is 41.5 Å². The molecule has 7 heteroatoms. The van der Waals surface area contributed by atoms with Crippen LogP contribution in [-0.2, 0) is 20.8 Å². The second-order valence-electron chi connectivity index (χ2n) is 4.58. The Morgan fingerprint density at radius 3 is 2.29 bits per heavy atom. The largest absolute Gasteiger partial charge is 0.480 e. The monoisotopic (exact) mass is 299 g/mol. The lowest BCUT2D eigenvalue weighted by molar-refractivity contribution is -0.142. The van der Waals surface area contributed by atoms with Crippen molar-refractivity contribution in [2.45, 2.75) is 32.2 Å². The lowest BCUT2D eigenvalue weighted by Crippen LogP contribution is -2.41. The second-order valence-corrected chi connectivity index (χ2v) is 4.58. The van der Waals surface area contributed by atoms with Gasteiger partial charge in [-0.3, -0.25) is 4.79 Å². The molecule has 1 amide bonds. The molecule has 1 rings (SSSR count). The van der Waals surface area contributed by atoms with Crippen molar-refractivity contribution >= 4 is 17.7 Å². The maximum Gasteiger partial charge on any atom is 0.326 e. The number of Topliss-reactive ketones (excluding diaryl/α,β-unsaturated/α-hetero) is 1. The minimum atomic E-state index is -1.31. The Morgan fingerprint density at radius 2 is 1.81 bits per heavy atom. The molecule has 21 heavy (non-hydrogen) atoms. The van der Waals surface area contributed by atoms with E-state index >= 15 is 0 Å². The van der Waals surface area contributed by atoms with E-state index in [1.165, 1.54) is 13.0 Å². The number of benzene rings is 1. The van der Waals surface area contributed by atoms with Crippen LogP contribution in [0.15, 0.2) is 18.2 Å². The molecule has 0 aromatic heterocycles. The van der Waals surface area contributed by atoms with Crippen LogP contribution in [0.2, 0.25) is 0 Å². The van der Waals surface area contributed by atoms with Crippen molar-refractivity contribution in [2.24, 2.45) is 0 Å². The minimum absolute atomic E-state index is 0.00863. The van der Waals surface area contributed by atoms with Gasteiger partial charge in [0.25, 0.3) is 0 Å². The van der Waals surface area contributed by atoms with Crippen LogP contribution >= 0.6 is 0 Å². The SMILES string of the molecule is CC(=O)CC[C@@H](NC(=O)Cc1c(F)cccc1F)C(=O)O. The van der Waals surface area contributed by atoms with Gasteiger partial charge in [0.2, 0.25) is 5.91 Å². The first-order valence-electron chi connectivity index (χ1n) is 6.25. The topological polar surface area (TPSA) is 83.5 Å². The molecule has 0 heterocycles. The predicted molar refractivity (Wildman–Crippen MR) is 69.5 cm³/mol. The van der Waals surface area contributed by atoms with Crippen LogP contribution in [0, 0.1) is 11.6 Å². The van der Waals surface area contributed by atoms with Crippen LogP contribution in [0.25, 0.3) is 0 Å². The summed E-state index contributed by atoms with van der Waals surface area (Å²) < 4.78 is 26.8. The Balaban J connectivity index is 2.70. The van der Waals surface area contributed by atoms with Gasteiger partial charge in [-0.15, -0.1) is 0 Å². The van der Waals surface area contributed by atoms with Crippen LogP contribution in [0.3, 0.4) is 0 Å². The number of amides is 1. The van der Waals surface area contributed by atoms with E-state index in [0.29, 0.717) is 0 Å². The zero-order valence-corrected chi connectivity index (χ0v) is 11.4.